The predicted octanol–water partition coefficient (Wildman–Crippen LogP) is 1.79. The van der Waals surface area contributed by atoms with Gasteiger partial charge in [0.2, 0.25) is 5.89 Å². The second-order valence-electron chi connectivity index (χ2n) is 6.79. The van der Waals surface area contributed by atoms with E-state index in [1.807, 2.05) is 31.7 Å². The van der Waals surface area contributed by atoms with Crippen molar-refractivity contribution in [3.63, 3.8) is 0 Å². The van der Waals surface area contributed by atoms with E-state index in [9.17, 15) is 0 Å². The minimum absolute atomic E-state index is 0.365. The molecule has 0 N–H and O–H groups in total. The van der Waals surface area contributed by atoms with Gasteiger partial charge in [0.25, 0.3) is 0 Å². The molecule has 1 aliphatic heterocycles. The van der Waals surface area contributed by atoms with Crippen molar-refractivity contribution < 1.29 is 9.26 Å². The largest absolute Gasteiger partial charge is 0.377 e. The zero-order valence-electron chi connectivity index (χ0n) is 15.6. The molecule has 4 heterocycles. The van der Waals surface area contributed by atoms with E-state index in [1.54, 1.807) is 11.8 Å². The lowest BCUT2D eigenvalue weighted by Crippen LogP contribution is -2.33. The molecule has 142 valence electrons. The molecule has 0 spiro atoms. The van der Waals surface area contributed by atoms with Crippen LogP contribution in [0, 0.1) is 0 Å². The van der Waals surface area contributed by atoms with Gasteiger partial charge in [-0.3, -0.25) is 9.58 Å². The van der Waals surface area contributed by atoms with Crippen LogP contribution < -0.4 is 0 Å². The first-order valence-electron chi connectivity index (χ1n) is 9.06. The average molecular weight is 369 g/mol. The van der Waals surface area contributed by atoms with Crippen LogP contribution in [0.2, 0.25) is 0 Å². The molecule has 27 heavy (non-hydrogen) atoms. The quantitative estimate of drug-likeness (QED) is 0.649. The Hall–Kier alpha value is -2.65. The fourth-order valence-corrected chi connectivity index (χ4v) is 3.37. The minimum atomic E-state index is 0.365. The van der Waals surface area contributed by atoms with E-state index >= 15 is 0 Å². The SMILES string of the molecule is COCc1noc(CN2CCC(c3nccc(-c4cnn(C)c4)n3)CC2)n1. The van der Waals surface area contributed by atoms with Crippen molar-refractivity contribution in [2.24, 2.45) is 7.05 Å². The minimum Gasteiger partial charge on any atom is -0.377 e. The molecule has 0 unspecified atom stereocenters. The Morgan fingerprint density at radius 1 is 1.26 bits per heavy atom. The van der Waals surface area contributed by atoms with E-state index in [2.05, 4.69) is 25.1 Å². The van der Waals surface area contributed by atoms with Gasteiger partial charge in [0.1, 0.15) is 12.4 Å². The summed E-state index contributed by atoms with van der Waals surface area (Å²) in [6, 6.07) is 1.93. The van der Waals surface area contributed by atoms with Crippen LogP contribution in [0.25, 0.3) is 11.3 Å². The highest BCUT2D eigenvalue weighted by molar-refractivity contribution is 5.56. The third-order valence-electron chi connectivity index (χ3n) is 4.77. The molecule has 1 saturated heterocycles. The van der Waals surface area contributed by atoms with Gasteiger partial charge < -0.3 is 9.26 Å². The van der Waals surface area contributed by atoms with Gasteiger partial charge in [0, 0.05) is 38.0 Å². The molecule has 0 aromatic carbocycles. The van der Waals surface area contributed by atoms with E-state index in [0.29, 0.717) is 30.8 Å². The lowest BCUT2D eigenvalue weighted by Gasteiger charge is -2.30. The van der Waals surface area contributed by atoms with Gasteiger partial charge in [0.05, 0.1) is 18.4 Å². The Morgan fingerprint density at radius 2 is 2.11 bits per heavy atom. The zero-order chi connectivity index (χ0) is 18.6. The van der Waals surface area contributed by atoms with Crippen molar-refractivity contribution in [2.75, 3.05) is 20.2 Å². The molecule has 0 radical (unpaired) electrons. The molecule has 0 aliphatic carbocycles. The van der Waals surface area contributed by atoms with Crippen molar-refractivity contribution in [3.05, 3.63) is 42.2 Å². The third-order valence-corrected chi connectivity index (χ3v) is 4.77. The van der Waals surface area contributed by atoms with E-state index in [-0.39, 0.29) is 0 Å². The van der Waals surface area contributed by atoms with Crippen molar-refractivity contribution in [1.82, 2.24) is 34.8 Å². The summed E-state index contributed by atoms with van der Waals surface area (Å²) in [5, 5.41) is 8.13. The van der Waals surface area contributed by atoms with Gasteiger partial charge in [-0.15, -0.1) is 0 Å². The van der Waals surface area contributed by atoms with Gasteiger partial charge in [-0.05, 0) is 32.0 Å². The summed E-state index contributed by atoms with van der Waals surface area (Å²) in [5.74, 6) is 2.50. The van der Waals surface area contributed by atoms with Crippen LogP contribution in [-0.4, -0.2) is 55.0 Å². The highest BCUT2D eigenvalue weighted by Crippen LogP contribution is 2.27. The van der Waals surface area contributed by atoms with Crippen LogP contribution in [0.5, 0.6) is 0 Å². The number of methoxy groups -OCH3 is 1. The summed E-state index contributed by atoms with van der Waals surface area (Å²) >= 11 is 0. The van der Waals surface area contributed by atoms with E-state index in [0.717, 1.165) is 43.0 Å². The molecular formula is C18H23N7O2. The topological polar surface area (TPSA) is 95.0 Å². The Balaban J connectivity index is 1.36. The average Bonchev–Trinajstić information content (AvgIpc) is 3.32. The molecule has 1 aliphatic rings. The fourth-order valence-electron chi connectivity index (χ4n) is 3.37. The Labute approximate surface area is 157 Å². The van der Waals surface area contributed by atoms with Crippen LogP contribution in [-0.2, 0) is 24.9 Å². The monoisotopic (exact) mass is 369 g/mol. The van der Waals surface area contributed by atoms with Crippen molar-refractivity contribution in [2.45, 2.75) is 31.9 Å². The van der Waals surface area contributed by atoms with Crippen molar-refractivity contribution >= 4 is 0 Å². The maximum atomic E-state index is 5.28. The molecule has 3 aromatic heterocycles. The van der Waals surface area contributed by atoms with Crippen molar-refractivity contribution in [1.29, 1.82) is 0 Å². The van der Waals surface area contributed by atoms with E-state index < -0.39 is 0 Å². The molecule has 9 heteroatoms. The summed E-state index contributed by atoms with van der Waals surface area (Å²) in [6.07, 6.45) is 7.66. The number of rotatable bonds is 6. The van der Waals surface area contributed by atoms with Crippen LogP contribution in [0.15, 0.2) is 29.2 Å². The molecule has 0 atom stereocenters. The number of hydrogen-bond donors (Lipinski definition) is 0. The standard InChI is InChI=1S/C18H23N7O2/c1-24-10-14(9-20-24)15-3-6-19-18(21-15)13-4-7-25(8-5-13)11-17-22-16(12-26-2)23-27-17/h3,6,9-10,13H,4-5,7-8,11-12H2,1-2H3. The summed E-state index contributed by atoms with van der Waals surface area (Å²) in [7, 11) is 3.52. The fraction of sp³-hybridized carbons (Fsp3) is 0.500. The van der Waals surface area contributed by atoms with E-state index in [4.69, 9.17) is 14.2 Å². The molecule has 0 saturated carbocycles. The summed E-state index contributed by atoms with van der Waals surface area (Å²) in [5.41, 5.74) is 1.94. The number of nitrogens with zero attached hydrogens (tertiary/aromatic N) is 7. The van der Waals surface area contributed by atoms with Gasteiger partial charge in [0.15, 0.2) is 5.82 Å². The lowest BCUT2D eigenvalue weighted by atomic mass is 9.96. The lowest BCUT2D eigenvalue weighted by molar-refractivity contribution is 0.172. The normalized spacial score (nSPS) is 16.1. The first kappa shape index (κ1) is 17.7. The van der Waals surface area contributed by atoms with Gasteiger partial charge >= 0.3 is 0 Å². The second kappa shape index (κ2) is 7.93. The number of aryl methyl sites for hydroxylation is 1. The first-order chi connectivity index (χ1) is 13.2. The van der Waals surface area contributed by atoms with Crippen LogP contribution in [0.1, 0.15) is 36.3 Å². The Kier molecular flexibility index (Phi) is 5.21. The summed E-state index contributed by atoms with van der Waals surface area (Å²) in [6.45, 7) is 2.94. The molecule has 1 fully saturated rings. The summed E-state index contributed by atoms with van der Waals surface area (Å²) < 4.78 is 12.1. The second-order valence-corrected chi connectivity index (χ2v) is 6.79. The molecule has 0 amide bonds. The molecular weight excluding hydrogens is 346 g/mol. The number of ether oxygens (including phenoxy) is 1. The van der Waals surface area contributed by atoms with Gasteiger partial charge in [-0.25, -0.2) is 9.97 Å². The first-order valence-corrected chi connectivity index (χ1v) is 9.06. The van der Waals surface area contributed by atoms with Crippen molar-refractivity contribution in [3.8, 4) is 11.3 Å². The third kappa shape index (κ3) is 4.20. The number of piperidine rings is 1. The highest BCUT2D eigenvalue weighted by atomic mass is 16.5. The number of aromatic nitrogens is 6. The van der Waals surface area contributed by atoms with Gasteiger partial charge in [-0.2, -0.15) is 10.1 Å². The van der Waals surface area contributed by atoms with Crippen LogP contribution in [0.3, 0.4) is 0 Å². The maximum Gasteiger partial charge on any atom is 0.240 e. The van der Waals surface area contributed by atoms with Crippen LogP contribution in [0.4, 0.5) is 0 Å². The molecule has 9 nitrogen and oxygen atoms in total. The summed E-state index contributed by atoms with van der Waals surface area (Å²) in [4.78, 5) is 16.0. The molecule has 4 rings (SSSR count). The Morgan fingerprint density at radius 3 is 2.85 bits per heavy atom. The maximum absolute atomic E-state index is 5.28. The number of likely N-dealkylation sites (tertiary alicyclic amines) is 1. The predicted molar refractivity (Wildman–Crippen MR) is 96.5 cm³/mol. The number of hydrogen-bond acceptors (Lipinski definition) is 8. The van der Waals surface area contributed by atoms with Crippen LogP contribution >= 0.6 is 0 Å². The molecule has 3 aromatic rings. The Bertz CT molecular complexity index is 883. The molecule has 0 bridgehead atoms. The highest BCUT2D eigenvalue weighted by Gasteiger charge is 2.24. The van der Waals surface area contributed by atoms with Gasteiger partial charge in [-0.1, -0.05) is 5.16 Å². The van der Waals surface area contributed by atoms with E-state index in [1.165, 1.54) is 0 Å². The zero-order valence-corrected chi connectivity index (χ0v) is 15.6. The smallest absolute Gasteiger partial charge is 0.240 e.